The lowest BCUT2D eigenvalue weighted by atomic mass is 10.1. The van der Waals surface area contributed by atoms with Crippen LogP contribution in [0.1, 0.15) is 28.5 Å². The van der Waals surface area contributed by atoms with Gasteiger partial charge in [0.2, 0.25) is 0 Å². The molecule has 0 bridgehead atoms. The molecule has 0 saturated carbocycles. The van der Waals surface area contributed by atoms with Crippen LogP contribution in [-0.4, -0.2) is 16.1 Å². The van der Waals surface area contributed by atoms with Crippen molar-refractivity contribution >= 4 is 23.1 Å². The molecule has 3 aromatic rings. The molecule has 0 aliphatic carbocycles. The second-order valence-electron chi connectivity index (χ2n) is 5.76. The van der Waals surface area contributed by atoms with Gasteiger partial charge in [0, 0.05) is 11.4 Å². The zero-order chi connectivity index (χ0) is 17.6. The van der Waals surface area contributed by atoms with E-state index in [9.17, 15) is 4.79 Å². The number of hydrogen-bond acceptors (Lipinski definition) is 4. The molecule has 0 spiro atoms. The fourth-order valence-electron chi connectivity index (χ4n) is 2.44. The summed E-state index contributed by atoms with van der Waals surface area (Å²) in [5.74, 6) is 0.324. The van der Waals surface area contributed by atoms with E-state index in [1.54, 1.807) is 12.1 Å². The minimum atomic E-state index is -0.281. The lowest BCUT2D eigenvalue weighted by Crippen LogP contribution is -2.14. The Hall–Kier alpha value is -3.21. The van der Waals surface area contributed by atoms with Crippen LogP contribution < -0.4 is 10.6 Å². The number of nitrogens with zero attached hydrogens (tertiary/aromatic N) is 2. The summed E-state index contributed by atoms with van der Waals surface area (Å²) in [5.41, 5.74) is 4.34. The number of anilines is 3. The van der Waals surface area contributed by atoms with Crippen LogP contribution in [0, 0.1) is 6.92 Å². The second-order valence-corrected chi connectivity index (χ2v) is 5.76. The van der Waals surface area contributed by atoms with Crippen LogP contribution in [0.25, 0.3) is 0 Å². The molecule has 2 aromatic carbocycles. The van der Waals surface area contributed by atoms with Gasteiger partial charge >= 0.3 is 0 Å². The highest BCUT2D eigenvalue weighted by Crippen LogP contribution is 2.19. The van der Waals surface area contributed by atoms with Crippen LogP contribution in [0.15, 0.2) is 60.7 Å². The normalized spacial score (nSPS) is 10.3. The zero-order valence-electron chi connectivity index (χ0n) is 14.3. The Labute approximate surface area is 147 Å². The number of nitrogens with one attached hydrogen (secondary N) is 2. The van der Waals surface area contributed by atoms with Gasteiger partial charge in [-0.2, -0.15) is 0 Å². The molecule has 0 radical (unpaired) electrons. The summed E-state index contributed by atoms with van der Waals surface area (Å²) in [4.78, 5) is 12.2. The number of para-hydroxylation sites is 1. The topological polar surface area (TPSA) is 66.9 Å². The first-order valence-electron chi connectivity index (χ1n) is 8.22. The van der Waals surface area contributed by atoms with Gasteiger partial charge in [-0.05, 0) is 49.2 Å². The maximum absolute atomic E-state index is 12.2. The highest BCUT2D eigenvalue weighted by Gasteiger charge is 2.09. The van der Waals surface area contributed by atoms with E-state index in [4.69, 9.17) is 0 Å². The summed E-state index contributed by atoms with van der Waals surface area (Å²) < 4.78 is 0. The zero-order valence-corrected chi connectivity index (χ0v) is 14.3. The van der Waals surface area contributed by atoms with Crippen molar-refractivity contribution in [1.82, 2.24) is 10.2 Å². The first-order chi connectivity index (χ1) is 12.2. The minimum Gasteiger partial charge on any atom is -0.339 e. The van der Waals surface area contributed by atoms with Gasteiger partial charge < -0.3 is 10.6 Å². The molecule has 3 rings (SSSR count). The summed E-state index contributed by atoms with van der Waals surface area (Å²) in [5, 5.41) is 14.2. The van der Waals surface area contributed by atoms with Crippen LogP contribution in [-0.2, 0) is 6.42 Å². The molecule has 1 aromatic heterocycles. The summed E-state index contributed by atoms with van der Waals surface area (Å²) in [6.07, 6.45) is 0.924. The van der Waals surface area contributed by atoms with E-state index in [0.29, 0.717) is 5.82 Å². The second kappa shape index (κ2) is 7.57. The van der Waals surface area contributed by atoms with Crippen molar-refractivity contribution in [3.05, 3.63) is 77.5 Å². The molecule has 126 valence electrons. The largest absolute Gasteiger partial charge is 0.339 e. The van der Waals surface area contributed by atoms with Gasteiger partial charge in [-0.1, -0.05) is 42.8 Å². The first kappa shape index (κ1) is 16.6. The van der Waals surface area contributed by atoms with E-state index in [2.05, 4.69) is 33.8 Å². The quantitative estimate of drug-likeness (QED) is 0.729. The molecule has 0 aliphatic rings. The van der Waals surface area contributed by atoms with E-state index in [0.717, 1.165) is 23.4 Å². The predicted molar refractivity (Wildman–Crippen MR) is 100 cm³/mol. The van der Waals surface area contributed by atoms with Gasteiger partial charge in [-0.3, -0.25) is 4.79 Å². The number of amides is 1. The molecule has 5 nitrogen and oxygen atoms in total. The highest BCUT2D eigenvalue weighted by molar-refractivity contribution is 6.02. The average molecular weight is 332 g/mol. The fourth-order valence-corrected chi connectivity index (χ4v) is 2.44. The Morgan fingerprint density at radius 2 is 1.72 bits per heavy atom. The third-order valence-electron chi connectivity index (χ3n) is 3.87. The van der Waals surface area contributed by atoms with Gasteiger partial charge in [0.15, 0.2) is 11.5 Å². The number of carbonyl (C=O) groups is 1. The Morgan fingerprint density at radius 1 is 0.960 bits per heavy atom. The summed E-state index contributed by atoms with van der Waals surface area (Å²) in [6, 6.07) is 19.1. The molecule has 0 saturated heterocycles. The van der Waals surface area contributed by atoms with E-state index in [1.807, 2.05) is 49.4 Å². The molecule has 0 atom stereocenters. The molecule has 0 unspecified atom stereocenters. The van der Waals surface area contributed by atoms with Crippen molar-refractivity contribution in [2.75, 3.05) is 10.6 Å². The van der Waals surface area contributed by atoms with Gasteiger partial charge in [-0.15, -0.1) is 10.2 Å². The van der Waals surface area contributed by atoms with Crippen molar-refractivity contribution in [2.45, 2.75) is 20.3 Å². The van der Waals surface area contributed by atoms with Crippen molar-refractivity contribution in [3.8, 4) is 0 Å². The number of aryl methyl sites for hydroxylation is 2. The van der Waals surface area contributed by atoms with Crippen molar-refractivity contribution in [2.24, 2.45) is 0 Å². The number of aromatic nitrogens is 2. The Balaban J connectivity index is 1.69. The minimum absolute atomic E-state index is 0.273. The van der Waals surface area contributed by atoms with Gasteiger partial charge in [0.1, 0.15) is 0 Å². The monoisotopic (exact) mass is 332 g/mol. The number of benzene rings is 2. The van der Waals surface area contributed by atoms with Gasteiger partial charge in [0.05, 0.1) is 0 Å². The van der Waals surface area contributed by atoms with Crippen LogP contribution in [0.2, 0.25) is 0 Å². The molecule has 0 fully saturated rings. The van der Waals surface area contributed by atoms with E-state index < -0.39 is 0 Å². The Kier molecular flexibility index (Phi) is 5.04. The van der Waals surface area contributed by atoms with Crippen LogP contribution in [0.3, 0.4) is 0 Å². The van der Waals surface area contributed by atoms with Gasteiger partial charge in [0.25, 0.3) is 5.91 Å². The maximum atomic E-state index is 12.2. The van der Waals surface area contributed by atoms with Crippen molar-refractivity contribution in [1.29, 1.82) is 0 Å². The Bertz CT molecular complexity index is 858. The summed E-state index contributed by atoms with van der Waals surface area (Å²) in [7, 11) is 0. The van der Waals surface area contributed by atoms with Crippen LogP contribution in [0.4, 0.5) is 17.2 Å². The van der Waals surface area contributed by atoms with Crippen molar-refractivity contribution in [3.63, 3.8) is 0 Å². The molecule has 1 heterocycles. The lowest BCUT2D eigenvalue weighted by Gasteiger charge is -2.10. The average Bonchev–Trinajstić information content (AvgIpc) is 2.64. The molecular weight excluding hydrogens is 312 g/mol. The van der Waals surface area contributed by atoms with Crippen LogP contribution >= 0.6 is 0 Å². The molecule has 5 heteroatoms. The molecular formula is C20H20N4O. The standard InChI is InChI=1S/C20H20N4O/c1-3-15-6-4-5-7-17(15)22-19-13-12-18(23-24-19)20(25)21-16-10-8-14(2)9-11-16/h4-13H,3H2,1-2H3,(H,21,25)(H,22,24). The number of carbonyl (C=O) groups excluding carboxylic acids is 1. The molecule has 0 aliphatic heterocycles. The third-order valence-corrected chi connectivity index (χ3v) is 3.87. The summed E-state index contributed by atoms with van der Waals surface area (Å²) >= 11 is 0. The van der Waals surface area contributed by atoms with E-state index >= 15 is 0 Å². The predicted octanol–water partition coefficient (Wildman–Crippen LogP) is 4.34. The molecule has 1 amide bonds. The summed E-state index contributed by atoms with van der Waals surface area (Å²) in [6.45, 7) is 4.10. The molecule has 25 heavy (non-hydrogen) atoms. The number of rotatable bonds is 5. The number of hydrogen-bond donors (Lipinski definition) is 2. The first-order valence-corrected chi connectivity index (χ1v) is 8.22. The Morgan fingerprint density at radius 3 is 2.40 bits per heavy atom. The van der Waals surface area contributed by atoms with Crippen molar-refractivity contribution < 1.29 is 4.79 Å². The molecule has 2 N–H and O–H groups in total. The van der Waals surface area contributed by atoms with E-state index in [1.165, 1.54) is 5.56 Å². The SMILES string of the molecule is CCc1ccccc1Nc1ccc(C(=O)Nc2ccc(C)cc2)nn1. The highest BCUT2D eigenvalue weighted by atomic mass is 16.1. The maximum Gasteiger partial charge on any atom is 0.276 e. The van der Waals surface area contributed by atoms with E-state index in [-0.39, 0.29) is 11.6 Å². The van der Waals surface area contributed by atoms with Crippen LogP contribution in [0.5, 0.6) is 0 Å². The smallest absolute Gasteiger partial charge is 0.276 e. The fraction of sp³-hybridized carbons (Fsp3) is 0.150. The lowest BCUT2D eigenvalue weighted by molar-refractivity contribution is 0.102. The third kappa shape index (κ3) is 4.20. The van der Waals surface area contributed by atoms with Gasteiger partial charge in [-0.25, -0.2) is 0 Å².